The molecule has 0 spiro atoms. The summed E-state index contributed by atoms with van der Waals surface area (Å²) in [5.41, 5.74) is 6.65. The summed E-state index contributed by atoms with van der Waals surface area (Å²) < 4.78 is 5.81. The second kappa shape index (κ2) is 6.04. The molecule has 2 heterocycles. The van der Waals surface area contributed by atoms with E-state index in [1.807, 2.05) is 13.8 Å². The van der Waals surface area contributed by atoms with Crippen molar-refractivity contribution in [2.45, 2.75) is 33.7 Å². The lowest BCUT2D eigenvalue weighted by Gasteiger charge is -2.12. The van der Waals surface area contributed by atoms with Crippen molar-refractivity contribution >= 4 is 23.1 Å². The number of hydrogen-bond donors (Lipinski definition) is 2. The zero-order valence-corrected chi connectivity index (χ0v) is 13.8. The van der Waals surface area contributed by atoms with Crippen LogP contribution in [0.4, 0.5) is 11.8 Å². The van der Waals surface area contributed by atoms with Crippen LogP contribution in [0, 0.1) is 25.7 Å². The van der Waals surface area contributed by atoms with E-state index in [4.69, 9.17) is 10.5 Å². The molecule has 1 saturated carbocycles. The average molecular weight is 320 g/mol. The molecule has 0 amide bonds. The maximum absolute atomic E-state index is 5.81. The van der Waals surface area contributed by atoms with E-state index in [1.165, 1.54) is 6.42 Å². The van der Waals surface area contributed by atoms with E-state index >= 15 is 0 Å². The Labute approximate surface area is 133 Å². The van der Waals surface area contributed by atoms with E-state index in [0.717, 1.165) is 21.5 Å². The predicted molar refractivity (Wildman–Crippen MR) is 85.9 cm³/mol. The third-order valence-electron chi connectivity index (χ3n) is 3.80. The van der Waals surface area contributed by atoms with Crippen LogP contribution in [-0.2, 0) is 6.54 Å². The highest BCUT2D eigenvalue weighted by atomic mass is 32.1. The molecule has 1 aliphatic rings. The number of hydrogen-bond acceptors (Lipinski definition) is 8. The number of nitrogen functional groups attached to an aromatic ring is 1. The molecule has 7 nitrogen and oxygen atoms in total. The molecule has 1 fully saturated rings. The van der Waals surface area contributed by atoms with Crippen LogP contribution in [0.1, 0.15) is 28.9 Å². The Kier molecular flexibility index (Phi) is 4.10. The number of nitrogens with one attached hydrogen (secondary N) is 1. The van der Waals surface area contributed by atoms with Gasteiger partial charge in [-0.25, -0.2) is 0 Å². The molecule has 2 unspecified atom stereocenters. The normalized spacial score (nSPS) is 20.0. The summed E-state index contributed by atoms with van der Waals surface area (Å²) in [4.78, 5) is 8.44. The summed E-state index contributed by atoms with van der Waals surface area (Å²) >= 11 is 1.55. The minimum absolute atomic E-state index is 0.209. The van der Waals surface area contributed by atoms with E-state index in [9.17, 15) is 0 Å². The highest BCUT2D eigenvalue weighted by Crippen LogP contribution is 2.38. The summed E-state index contributed by atoms with van der Waals surface area (Å²) in [5.74, 6) is 2.83. The molecular weight excluding hydrogens is 300 g/mol. The Balaban J connectivity index is 1.68. The van der Waals surface area contributed by atoms with Crippen LogP contribution in [0.15, 0.2) is 0 Å². The third-order valence-corrected chi connectivity index (χ3v) is 4.64. The standard InChI is InChI=1S/C14H20N6OS/c1-7-4-10(7)6-21-13-8(2)12(17-14(15)18-13)16-5-11-20-19-9(3)22-11/h7,10H,4-6H2,1-3H3,(H3,15,16,17,18). The van der Waals surface area contributed by atoms with Crippen LogP contribution >= 0.6 is 11.3 Å². The minimum atomic E-state index is 0.209. The number of aryl methyl sites for hydroxylation is 1. The van der Waals surface area contributed by atoms with Gasteiger partial charge in [0.25, 0.3) is 0 Å². The predicted octanol–water partition coefficient (Wildman–Crippen LogP) is 2.17. The quantitative estimate of drug-likeness (QED) is 0.841. The number of nitrogens with zero attached hydrogens (tertiary/aromatic N) is 4. The lowest BCUT2D eigenvalue weighted by Crippen LogP contribution is -2.10. The molecule has 8 heteroatoms. The fourth-order valence-electron chi connectivity index (χ4n) is 2.21. The third kappa shape index (κ3) is 3.44. The van der Waals surface area contributed by atoms with Gasteiger partial charge in [0.1, 0.15) is 15.8 Å². The van der Waals surface area contributed by atoms with E-state index in [2.05, 4.69) is 32.4 Å². The van der Waals surface area contributed by atoms with Crippen molar-refractivity contribution in [1.82, 2.24) is 20.2 Å². The molecular formula is C14H20N6OS. The molecule has 2 atom stereocenters. The molecule has 3 N–H and O–H groups in total. The largest absolute Gasteiger partial charge is 0.477 e. The first kappa shape index (κ1) is 15.0. The molecule has 22 heavy (non-hydrogen) atoms. The number of ether oxygens (including phenoxy) is 1. The van der Waals surface area contributed by atoms with Crippen molar-refractivity contribution in [2.75, 3.05) is 17.7 Å². The van der Waals surface area contributed by atoms with Crippen LogP contribution in [0.3, 0.4) is 0 Å². The number of anilines is 2. The van der Waals surface area contributed by atoms with E-state index in [-0.39, 0.29) is 5.95 Å². The monoisotopic (exact) mass is 320 g/mol. The van der Waals surface area contributed by atoms with Gasteiger partial charge < -0.3 is 15.8 Å². The first-order valence-electron chi connectivity index (χ1n) is 7.32. The van der Waals surface area contributed by atoms with Crippen molar-refractivity contribution in [3.8, 4) is 5.88 Å². The van der Waals surface area contributed by atoms with Crippen molar-refractivity contribution in [3.63, 3.8) is 0 Å². The first-order chi connectivity index (χ1) is 10.5. The zero-order valence-electron chi connectivity index (χ0n) is 13.0. The second-order valence-electron chi connectivity index (χ2n) is 5.71. The molecule has 3 rings (SSSR count). The Morgan fingerprint density at radius 1 is 1.32 bits per heavy atom. The van der Waals surface area contributed by atoms with Crippen molar-refractivity contribution in [3.05, 3.63) is 15.6 Å². The van der Waals surface area contributed by atoms with Gasteiger partial charge in [-0.2, -0.15) is 9.97 Å². The van der Waals surface area contributed by atoms with E-state index in [0.29, 0.717) is 30.8 Å². The molecule has 0 radical (unpaired) electrons. The fraction of sp³-hybridized carbons (Fsp3) is 0.571. The molecule has 0 aliphatic heterocycles. The highest BCUT2D eigenvalue weighted by Gasteiger charge is 2.33. The van der Waals surface area contributed by atoms with Gasteiger partial charge in [-0.3, -0.25) is 0 Å². The molecule has 118 valence electrons. The minimum Gasteiger partial charge on any atom is -0.477 e. The zero-order chi connectivity index (χ0) is 15.7. The summed E-state index contributed by atoms with van der Waals surface area (Å²) in [6, 6.07) is 0. The molecule has 0 saturated heterocycles. The Morgan fingerprint density at radius 3 is 2.73 bits per heavy atom. The molecule has 2 aromatic rings. The maximum Gasteiger partial charge on any atom is 0.225 e. The van der Waals surface area contributed by atoms with E-state index < -0.39 is 0 Å². The lowest BCUT2D eigenvalue weighted by atomic mass is 10.3. The smallest absolute Gasteiger partial charge is 0.225 e. The second-order valence-corrected chi connectivity index (χ2v) is 6.98. The van der Waals surface area contributed by atoms with Gasteiger partial charge in [-0.1, -0.05) is 18.3 Å². The number of aromatic nitrogens is 4. The van der Waals surface area contributed by atoms with Crippen molar-refractivity contribution in [1.29, 1.82) is 0 Å². The van der Waals surface area contributed by atoms with Gasteiger partial charge >= 0.3 is 0 Å². The van der Waals surface area contributed by atoms with Crippen LogP contribution in [0.5, 0.6) is 5.88 Å². The van der Waals surface area contributed by atoms with Gasteiger partial charge in [-0.05, 0) is 32.1 Å². The van der Waals surface area contributed by atoms with Gasteiger partial charge in [0.2, 0.25) is 11.8 Å². The van der Waals surface area contributed by atoms with Gasteiger partial charge in [-0.15, -0.1) is 10.2 Å². The summed E-state index contributed by atoms with van der Waals surface area (Å²) in [5, 5.41) is 13.2. The first-order valence-corrected chi connectivity index (χ1v) is 8.14. The fourth-order valence-corrected chi connectivity index (χ4v) is 2.86. The Bertz CT molecular complexity index is 673. The summed E-state index contributed by atoms with van der Waals surface area (Å²) in [6.45, 7) is 7.33. The maximum atomic E-state index is 5.81. The van der Waals surface area contributed by atoms with Crippen molar-refractivity contribution in [2.24, 2.45) is 11.8 Å². The van der Waals surface area contributed by atoms with Crippen molar-refractivity contribution < 1.29 is 4.74 Å². The van der Waals surface area contributed by atoms with E-state index in [1.54, 1.807) is 11.3 Å². The Hall–Kier alpha value is -1.96. The van der Waals surface area contributed by atoms with Gasteiger partial charge in [0.05, 0.1) is 18.7 Å². The Morgan fingerprint density at radius 2 is 2.09 bits per heavy atom. The number of nitrogens with two attached hydrogens (primary N) is 1. The average Bonchev–Trinajstić information content (AvgIpc) is 3.02. The van der Waals surface area contributed by atoms with Crippen LogP contribution in [0.2, 0.25) is 0 Å². The SMILES string of the molecule is Cc1nnc(CNc2nc(N)nc(OCC3CC3C)c2C)s1. The lowest BCUT2D eigenvalue weighted by molar-refractivity contribution is 0.280. The summed E-state index contributed by atoms with van der Waals surface area (Å²) in [7, 11) is 0. The van der Waals surface area contributed by atoms with Crippen LogP contribution < -0.4 is 15.8 Å². The van der Waals surface area contributed by atoms with Crippen LogP contribution in [0.25, 0.3) is 0 Å². The number of rotatable bonds is 6. The molecule has 1 aliphatic carbocycles. The molecule has 2 aromatic heterocycles. The summed E-state index contributed by atoms with van der Waals surface area (Å²) in [6.07, 6.45) is 1.22. The topological polar surface area (TPSA) is 98.8 Å². The molecule has 0 bridgehead atoms. The van der Waals surface area contributed by atoms with Crippen LogP contribution in [-0.4, -0.2) is 26.8 Å². The van der Waals surface area contributed by atoms with Gasteiger partial charge in [0, 0.05) is 0 Å². The molecule has 0 aromatic carbocycles. The van der Waals surface area contributed by atoms with Gasteiger partial charge in [0.15, 0.2) is 0 Å². The highest BCUT2D eigenvalue weighted by molar-refractivity contribution is 7.11.